The summed E-state index contributed by atoms with van der Waals surface area (Å²) in [5, 5.41) is 0. The summed E-state index contributed by atoms with van der Waals surface area (Å²) in [4.78, 5) is 19.0. The molecule has 0 aliphatic rings. The molecule has 0 spiro atoms. The van der Waals surface area contributed by atoms with E-state index in [0.717, 1.165) is 12.5 Å². The van der Waals surface area contributed by atoms with E-state index in [9.17, 15) is 18.0 Å². The van der Waals surface area contributed by atoms with Gasteiger partial charge in [0.25, 0.3) is 0 Å². The highest BCUT2D eigenvalue weighted by Crippen LogP contribution is 1.62. The lowest BCUT2D eigenvalue weighted by atomic mass is 10.6. The summed E-state index contributed by atoms with van der Waals surface area (Å²) in [5.41, 5.74) is 0. The SMILES string of the molecule is CC(C)=O.COC(C)=O.CS(C)(=O)=O. The molecule has 0 unspecified atom stereocenters. The normalized spacial score (nSPS) is 8.43. The molecule has 0 saturated heterocycles. The predicted octanol–water partition coefficient (Wildman–Crippen LogP) is 0.435. The zero-order valence-corrected chi connectivity index (χ0v) is 10.3. The van der Waals surface area contributed by atoms with E-state index in [-0.39, 0.29) is 11.8 Å². The van der Waals surface area contributed by atoms with E-state index < -0.39 is 9.84 Å². The standard InChI is InChI=1S/C3H6O2.C3H6O.C2H6O2S/c1-3(4)5-2;1-3(2)4;1-5(2,3)4/h1-2H3;1-2H3;1-2H3. The molecule has 0 rings (SSSR count). The first kappa shape index (κ1) is 18.8. The zero-order chi connectivity index (χ0) is 12.4. The Labute approximate surface area is 85.4 Å². The van der Waals surface area contributed by atoms with E-state index in [2.05, 4.69) is 4.74 Å². The molecule has 0 amide bonds. The molecule has 14 heavy (non-hydrogen) atoms. The lowest BCUT2D eigenvalue weighted by molar-refractivity contribution is -0.137. The van der Waals surface area contributed by atoms with Gasteiger partial charge >= 0.3 is 5.97 Å². The summed E-state index contributed by atoms with van der Waals surface area (Å²) >= 11 is 0. The van der Waals surface area contributed by atoms with E-state index in [4.69, 9.17) is 0 Å². The summed E-state index contributed by atoms with van der Waals surface area (Å²) in [5.74, 6) is -0.0787. The van der Waals surface area contributed by atoms with E-state index >= 15 is 0 Å². The highest BCUT2D eigenvalue weighted by Gasteiger charge is 1.79. The van der Waals surface area contributed by atoms with Crippen LogP contribution in [0, 0.1) is 0 Å². The molecule has 0 fully saturated rings. The number of hydrogen-bond donors (Lipinski definition) is 0. The monoisotopic (exact) mass is 226 g/mol. The number of ether oxygens (including phenoxy) is 1. The van der Waals surface area contributed by atoms with Crippen LogP contribution < -0.4 is 0 Å². The van der Waals surface area contributed by atoms with Crippen molar-refractivity contribution in [1.29, 1.82) is 0 Å². The van der Waals surface area contributed by atoms with Gasteiger partial charge in [0.15, 0.2) is 0 Å². The van der Waals surface area contributed by atoms with Crippen molar-refractivity contribution < 1.29 is 22.7 Å². The van der Waals surface area contributed by atoms with Crippen LogP contribution in [-0.4, -0.2) is 39.8 Å². The van der Waals surface area contributed by atoms with Crippen molar-refractivity contribution in [1.82, 2.24) is 0 Å². The van der Waals surface area contributed by atoms with Crippen molar-refractivity contribution >= 4 is 21.6 Å². The van der Waals surface area contributed by atoms with Crippen LogP contribution in [0.1, 0.15) is 20.8 Å². The molecule has 0 aliphatic heterocycles. The molecule has 0 aromatic heterocycles. The number of rotatable bonds is 0. The van der Waals surface area contributed by atoms with Gasteiger partial charge < -0.3 is 9.53 Å². The van der Waals surface area contributed by atoms with Crippen molar-refractivity contribution in [3.63, 3.8) is 0 Å². The van der Waals surface area contributed by atoms with Crippen LogP contribution in [-0.2, 0) is 24.2 Å². The topological polar surface area (TPSA) is 77.5 Å². The Bertz CT molecular complexity index is 241. The maximum atomic E-state index is 9.63. The lowest BCUT2D eigenvalue weighted by Gasteiger charge is -1.80. The molecule has 0 radical (unpaired) electrons. The van der Waals surface area contributed by atoms with Crippen molar-refractivity contribution in [2.45, 2.75) is 20.8 Å². The molecule has 0 aromatic rings. The minimum Gasteiger partial charge on any atom is -0.469 e. The van der Waals surface area contributed by atoms with Gasteiger partial charge in [0.2, 0.25) is 0 Å². The quantitative estimate of drug-likeness (QED) is 0.560. The average Bonchev–Trinajstić information content (AvgIpc) is 1.82. The number of Topliss-reactive ketones (excluding diaryl/α,β-unsaturated/α-hetero) is 1. The fourth-order valence-electron chi connectivity index (χ4n) is 0. The van der Waals surface area contributed by atoms with Gasteiger partial charge in [-0.15, -0.1) is 0 Å². The Hall–Kier alpha value is -0.910. The van der Waals surface area contributed by atoms with Gasteiger partial charge in [-0.25, -0.2) is 8.42 Å². The molecule has 0 heterocycles. The molecule has 0 aromatic carbocycles. The van der Waals surface area contributed by atoms with E-state index in [1.54, 1.807) is 0 Å². The summed E-state index contributed by atoms with van der Waals surface area (Å²) in [6, 6.07) is 0. The highest BCUT2D eigenvalue weighted by atomic mass is 32.2. The van der Waals surface area contributed by atoms with E-state index in [0.29, 0.717) is 0 Å². The number of sulfone groups is 1. The van der Waals surface area contributed by atoms with E-state index in [1.807, 2.05) is 0 Å². The van der Waals surface area contributed by atoms with Crippen molar-refractivity contribution in [3.8, 4) is 0 Å². The summed E-state index contributed by atoms with van der Waals surface area (Å²) in [6.07, 6.45) is 2.32. The maximum Gasteiger partial charge on any atom is 0.302 e. The fourth-order valence-corrected chi connectivity index (χ4v) is 0. The molecule has 0 atom stereocenters. The summed E-state index contributed by atoms with van der Waals surface area (Å²) in [7, 11) is -1.32. The van der Waals surface area contributed by atoms with Crippen LogP contribution in [0.25, 0.3) is 0 Å². The number of ketones is 1. The minimum atomic E-state index is -2.67. The zero-order valence-electron chi connectivity index (χ0n) is 9.45. The molecule has 5 nitrogen and oxygen atoms in total. The van der Waals surface area contributed by atoms with Crippen LogP contribution in [0.15, 0.2) is 0 Å². The van der Waals surface area contributed by atoms with Gasteiger partial charge in [-0.05, 0) is 13.8 Å². The van der Waals surface area contributed by atoms with Gasteiger partial charge in [0.1, 0.15) is 15.6 Å². The highest BCUT2D eigenvalue weighted by molar-refractivity contribution is 7.89. The number of methoxy groups -OCH3 is 1. The van der Waals surface area contributed by atoms with Crippen LogP contribution in [0.5, 0.6) is 0 Å². The minimum absolute atomic E-state index is 0.167. The largest absolute Gasteiger partial charge is 0.469 e. The molecular weight excluding hydrogens is 208 g/mol. The predicted molar refractivity (Wildman–Crippen MR) is 54.8 cm³/mol. The number of hydrogen-bond acceptors (Lipinski definition) is 5. The Morgan fingerprint density at radius 1 is 1.00 bits per heavy atom. The second-order valence-electron chi connectivity index (χ2n) is 2.75. The van der Waals surface area contributed by atoms with Gasteiger partial charge in [-0.2, -0.15) is 0 Å². The smallest absolute Gasteiger partial charge is 0.302 e. The van der Waals surface area contributed by atoms with Gasteiger partial charge in [-0.1, -0.05) is 0 Å². The number of esters is 1. The Morgan fingerprint density at radius 3 is 1.07 bits per heavy atom. The lowest BCUT2D eigenvalue weighted by Crippen LogP contribution is -1.88. The van der Waals surface area contributed by atoms with E-state index in [1.165, 1.54) is 27.9 Å². The Balaban J connectivity index is -0.000000131. The molecule has 0 saturated carbocycles. The first-order valence-corrected chi connectivity index (χ1v) is 5.97. The molecule has 86 valence electrons. The van der Waals surface area contributed by atoms with Crippen LogP contribution in [0.4, 0.5) is 0 Å². The number of carbonyl (C=O) groups is 2. The third-order valence-corrected chi connectivity index (χ3v) is 0.287. The van der Waals surface area contributed by atoms with Crippen LogP contribution in [0.2, 0.25) is 0 Å². The average molecular weight is 226 g/mol. The third-order valence-electron chi connectivity index (χ3n) is 0.287. The Morgan fingerprint density at radius 2 is 1.07 bits per heavy atom. The van der Waals surface area contributed by atoms with Crippen LogP contribution >= 0.6 is 0 Å². The van der Waals surface area contributed by atoms with Crippen LogP contribution in [0.3, 0.4) is 0 Å². The van der Waals surface area contributed by atoms with Gasteiger partial charge in [-0.3, -0.25) is 4.79 Å². The molecular formula is C8H18O5S. The Kier molecular flexibility index (Phi) is 13.7. The summed E-state index contributed by atoms with van der Waals surface area (Å²) in [6.45, 7) is 4.42. The third kappa shape index (κ3) is 950. The first-order chi connectivity index (χ1) is 6.00. The molecule has 6 heteroatoms. The molecule has 0 bridgehead atoms. The van der Waals surface area contributed by atoms with Crippen molar-refractivity contribution in [2.24, 2.45) is 0 Å². The fraction of sp³-hybridized carbons (Fsp3) is 0.750. The second-order valence-corrected chi connectivity index (χ2v) is 5.03. The first-order valence-electron chi connectivity index (χ1n) is 3.67. The molecule has 0 N–H and O–H groups in total. The van der Waals surface area contributed by atoms with Gasteiger partial charge in [0, 0.05) is 19.4 Å². The summed E-state index contributed by atoms with van der Waals surface area (Å²) < 4.78 is 23.4. The second kappa shape index (κ2) is 10.2. The maximum absolute atomic E-state index is 9.63. The van der Waals surface area contributed by atoms with Crippen molar-refractivity contribution in [3.05, 3.63) is 0 Å². The molecule has 0 aliphatic carbocycles. The van der Waals surface area contributed by atoms with Gasteiger partial charge in [0.05, 0.1) is 7.11 Å². The van der Waals surface area contributed by atoms with Crippen molar-refractivity contribution in [2.75, 3.05) is 19.6 Å². The number of carbonyl (C=O) groups excluding carboxylic acids is 2.